The summed E-state index contributed by atoms with van der Waals surface area (Å²) in [5.41, 5.74) is 3.79. The molecule has 0 atom stereocenters. The number of hydrogen-bond donors (Lipinski definition) is 3. The SMILES string of the molecule is CCc1cc2c(=O)c(-c3nc4ccccc4[nH]3)coc2c(C[NH+]2CCOCC2)c1O. The molecule has 5 rings (SSSR count). The summed E-state index contributed by atoms with van der Waals surface area (Å²) in [4.78, 5) is 22.4. The van der Waals surface area contributed by atoms with Gasteiger partial charge in [0.25, 0.3) is 0 Å². The first-order valence-electron chi connectivity index (χ1n) is 10.3. The highest BCUT2D eigenvalue weighted by Crippen LogP contribution is 2.31. The maximum Gasteiger partial charge on any atom is 0.203 e. The largest absolute Gasteiger partial charge is 0.507 e. The van der Waals surface area contributed by atoms with Gasteiger partial charge in [0.2, 0.25) is 5.43 Å². The molecular weight excluding hydrogens is 382 g/mol. The van der Waals surface area contributed by atoms with Gasteiger partial charge in [0, 0.05) is 0 Å². The van der Waals surface area contributed by atoms with Gasteiger partial charge in [-0.1, -0.05) is 19.1 Å². The fourth-order valence-corrected chi connectivity index (χ4v) is 4.16. The molecule has 1 saturated heterocycles. The van der Waals surface area contributed by atoms with Gasteiger partial charge >= 0.3 is 0 Å². The average molecular weight is 406 g/mol. The number of ether oxygens (including phenoxy) is 1. The fraction of sp³-hybridized carbons (Fsp3) is 0.304. The summed E-state index contributed by atoms with van der Waals surface area (Å²) in [5, 5.41) is 11.3. The number of nitrogens with zero attached hydrogens (tertiary/aromatic N) is 1. The number of para-hydroxylation sites is 2. The van der Waals surface area contributed by atoms with Crippen LogP contribution < -0.4 is 10.3 Å². The van der Waals surface area contributed by atoms with E-state index in [1.807, 2.05) is 31.2 Å². The molecule has 1 fully saturated rings. The number of morpholine rings is 1. The van der Waals surface area contributed by atoms with E-state index < -0.39 is 0 Å². The molecule has 7 nitrogen and oxygen atoms in total. The Hall–Kier alpha value is -3.16. The minimum absolute atomic E-state index is 0.150. The van der Waals surface area contributed by atoms with Gasteiger partial charge in [-0.25, -0.2) is 4.98 Å². The Kier molecular flexibility index (Phi) is 4.77. The highest BCUT2D eigenvalue weighted by atomic mass is 16.5. The van der Waals surface area contributed by atoms with Crippen LogP contribution in [0.15, 0.2) is 45.8 Å². The Balaban J connectivity index is 1.67. The smallest absolute Gasteiger partial charge is 0.203 e. The zero-order valence-corrected chi connectivity index (χ0v) is 16.8. The minimum Gasteiger partial charge on any atom is -0.507 e. The predicted molar refractivity (Wildman–Crippen MR) is 114 cm³/mol. The van der Waals surface area contributed by atoms with Gasteiger partial charge < -0.3 is 24.1 Å². The molecule has 0 radical (unpaired) electrons. The van der Waals surface area contributed by atoms with E-state index in [-0.39, 0.29) is 11.2 Å². The first-order chi connectivity index (χ1) is 14.7. The third-order valence-corrected chi connectivity index (χ3v) is 5.86. The van der Waals surface area contributed by atoms with E-state index in [4.69, 9.17) is 9.15 Å². The molecule has 1 aliphatic heterocycles. The van der Waals surface area contributed by atoms with Crippen LogP contribution in [0, 0.1) is 0 Å². The second-order valence-electron chi connectivity index (χ2n) is 7.71. The number of benzene rings is 2. The van der Waals surface area contributed by atoms with Crippen molar-refractivity contribution in [1.82, 2.24) is 9.97 Å². The summed E-state index contributed by atoms with van der Waals surface area (Å²) in [6.07, 6.45) is 2.08. The summed E-state index contributed by atoms with van der Waals surface area (Å²) in [6, 6.07) is 9.40. The number of nitrogens with one attached hydrogen (secondary N) is 2. The van der Waals surface area contributed by atoms with Gasteiger partial charge in [-0.05, 0) is 30.2 Å². The molecular formula is C23H24N3O4+. The van der Waals surface area contributed by atoms with E-state index in [0.29, 0.717) is 54.1 Å². The standard InChI is InChI=1S/C23H23N3O4/c1-2-14-11-15-21(28)17(23-24-18-5-3-4-6-19(18)25-23)13-30-22(15)16(20(14)27)12-26-7-9-29-10-8-26/h3-6,11,13,27H,2,7-10,12H2,1H3,(H,24,25)/p+1. The summed E-state index contributed by atoms with van der Waals surface area (Å²) < 4.78 is 11.4. The molecule has 7 heteroatoms. The first-order valence-corrected chi connectivity index (χ1v) is 10.3. The Labute approximate surface area is 172 Å². The molecule has 0 spiro atoms. The number of imidazole rings is 1. The lowest BCUT2D eigenvalue weighted by Crippen LogP contribution is -3.12. The number of fused-ring (bicyclic) bond motifs is 2. The van der Waals surface area contributed by atoms with E-state index in [2.05, 4.69) is 9.97 Å². The molecule has 0 unspecified atom stereocenters. The van der Waals surface area contributed by atoms with Gasteiger partial charge in [-0.3, -0.25) is 4.79 Å². The third kappa shape index (κ3) is 3.16. The van der Waals surface area contributed by atoms with Crippen molar-refractivity contribution in [2.45, 2.75) is 19.9 Å². The molecule has 3 heterocycles. The van der Waals surface area contributed by atoms with E-state index in [0.717, 1.165) is 29.7 Å². The lowest BCUT2D eigenvalue weighted by molar-refractivity contribution is -0.921. The molecule has 0 saturated carbocycles. The van der Waals surface area contributed by atoms with Gasteiger partial charge in [0.1, 0.15) is 48.6 Å². The van der Waals surface area contributed by atoms with E-state index in [9.17, 15) is 9.90 Å². The number of H-pyrrole nitrogens is 1. The highest BCUT2D eigenvalue weighted by Gasteiger charge is 2.24. The molecule has 1 aliphatic rings. The monoisotopic (exact) mass is 406 g/mol. The molecule has 0 amide bonds. The first kappa shape index (κ1) is 18.8. The topological polar surface area (TPSA) is 92.8 Å². The van der Waals surface area contributed by atoms with Gasteiger partial charge in [-0.15, -0.1) is 0 Å². The summed E-state index contributed by atoms with van der Waals surface area (Å²) in [6.45, 7) is 5.67. The lowest BCUT2D eigenvalue weighted by Gasteiger charge is -2.24. The maximum atomic E-state index is 13.4. The normalized spacial score (nSPS) is 15.2. The molecule has 0 bridgehead atoms. The molecule has 2 aromatic heterocycles. The number of aromatic hydroxyl groups is 1. The Morgan fingerprint density at radius 2 is 2.03 bits per heavy atom. The van der Waals surface area contributed by atoms with Crippen LogP contribution in [-0.2, 0) is 17.7 Å². The van der Waals surface area contributed by atoms with Gasteiger partial charge in [0.05, 0.1) is 35.2 Å². The number of phenolic OH excluding ortho intramolecular Hbond substituents is 1. The lowest BCUT2D eigenvalue weighted by atomic mass is 10.0. The van der Waals surface area contributed by atoms with Crippen LogP contribution in [0.5, 0.6) is 5.75 Å². The minimum atomic E-state index is -0.150. The van der Waals surface area contributed by atoms with Crippen LogP contribution in [0.2, 0.25) is 0 Å². The maximum absolute atomic E-state index is 13.4. The van der Waals surface area contributed by atoms with E-state index >= 15 is 0 Å². The molecule has 154 valence electrons. The van der Waals surface area contributed by atoms with Crippen LogP contribution in [0.25, 0.3) is 33.4 Å². The Bertz CT molecular complexity index is 1250. The molecule has 2 aromatic carbocycles. The van der Waals surface area contributed by atoms with Crippen molar-refractivity contribution < 1.29 is 19.2 Å². The third-order valence-electron chi connectivity index (χ3n) is 5.86. The van der Waals surface area contributed by atoms with Crippen LogP contribution in [0.1, 0.15) is 18.1 Å². The second-order valence-corrected chi connectivity index (χ2v) is 7.71. The van der Waals surface area contributed by atoms with Crippen molar-refractivity contribution in [3.8, 4) is 17.1 Å². The zero-order valence-electron chi connectivity index (χ0n) is 16.8. The van der Waals surface area contributed by atoms with Crippen LogP contribution >= 0.6 is 0 Å². The summed E-state index contributed by atoms with van der Waals surface area (Å²) in [5.74, 6) is 0.710. The molecule has 3 N–H and O–H groups in total. The molecule has 30 heavy (non-hydrogen) atoms. The second kappa shape index (κ2) is 7.59. The van der Waals surface area contributed by atoms with Crippen molar-refractivity contribution in [3.63, 3.8) is 0 Å². The van der Waals surface area contributed by atoms with Crippen molar-refractivity contribution in [2.75, 3.05) is 26.3 Å². The number of phenols is 1. The number of aryl methyl sites for hydroxylation is 1. The number of aromatic nitrogens is 2. The molecule has 4 aromatic rings. The van der Waals surface area contributed by atoms with Crippen molar-refractivity contribution in [3.05, 3.63) is 57.9 Å². The van der Waals surface area contributed by atoms with Crippen LogP contribution in [-0.4, -0.2) is 41.4 Å². The number of quaternary nitrogens is 1. The van der Waals surface area contributed by atoms with Gasteiger partial charge in [0.15, 0.2) is 0 Å². The number of aromatic amines is 1. The number of hydrogen-bond acceptors (Lipinski definition) is 5. The number of rotatable bonds is 4. The predicted octanol–water partition coefficient (Wildman–Crippen LogP) is 2.02. The molecule has 0 aliphatic carbocycles. The highest BCUT2D eigenvalue weighted by molar-refractivity contribution is 5.87. The average Bonchev–Trinajstić information content (AvgIpc) is 3.20. The van der Waals surface area contributed by atoms with Gasteiger partial charge in [-0.2, -0.15) is 0 Å². The summed E-state index contributed by atoms with van der Waals surface area (Å²) in [7, 11) is 0. The van der Waals surface area contributed by atoms with Crippen molar-refractivity contribution in [1.29, 1.82) is 0 Å². The van der Waals surface area contributed by atoms with Crippen LogP contribution in [0.3, 0.4) is 0 Å². The Morgan fingerprint density at radius 1 is 1.23 bits per heavy atom. The Morgan fingerprint density at radius 3 is 2.80 bits per heavy atom. The zero-order chi connectivity index (χ0) is 20.7. The quantitative estimate of drug-likeness (QED) is 0.482. The van der Waals surface area contributed by atoms with Crippen LogP contribution in [0.4, 0.5) is 0 Å². The van der Waals surface area contributed by atoms with E-state index in [1.165, 1.54) is 11.2 Å². The van der Waals surface area contributed by atoms with Crippen molar-refractivity contribution in [2.24, 2.45) is 0 Å². The summed E-state index contributed by atoms with van der Waals surface area (Å²) >= 11 is 0. The van der Waals surface area contributed by atoms with Crippen molar-refractivity contribution >= 4 is 22.0 Å². The van der Waals surface area contributed by atoms with E-state index in [1.54, 1.807) is 6.07 Å². The fourth-order valence-electron chi connectivity index (χ4n) is 4.16.